The van der Waals surface area contributed by atoms with E-state index in [2.05, 4.69) is 5.32 Å². The van der Waals surface area contributed by atoms with Crippen LogP contribution in [0.3, 0.4) is 0 Å². The van der Waals surface area contributed by atoms with Crippen molar-refractivity contribution in [1.29, 1.82) is 0 Å². The van der Waals surface area contributed by atoms with E-state index in [1.54, 1.807) is 12.1 Å². The van der Waals surface area contributed by atoms with Crippen LogP contribution in [0.4, 0.5) is 10.1 Å². The zero-order valence-corrected chi connectivity index (χ0v) is 12.5. The first kappa shape index (κ1) is 14.7. The monoisotopic (exact) mass is 293 g/mol. The average Bonchev–Trinajstić information content (AvgIpc) is 2.41. The van der Waals surface area contributed by atoms with Gasteiger partial charge in [-0.05, 0) is 43.7 Å². The van der Waals surface area contributed by atoms with Gasteiger partial charge >= 0.3 is 0 Å². The molecule has 106 valence electrons. The molecular formula is C16H17ClFNO. The highest BCUT2D eigenvalue weighted by Gasteiger charge is 2.17. The topological polar surface area (TPSA) is 21.3 Å². The SMILES string of the molecule is COc1cccc(F)c1C(C)Nc1ccc(C)cc1Cl. The number of halogens is 2. The molecule has 0 aliphatic heterocycles. The lowest BCUT2D eigenvalue weighted by Crippen LogP contribution is -2.10. The highest BCUT2D eigenvalue weighted by molar-refractivity contribution is 6.33. The van der Waals surface area contributed by atoms with E-state index < -0.39 is 0 Å². The third-order valence-corrected chi connectivity index (χ3v) is 3.48. The third-order valence-electron chi connectivity index (χ3n) is 3.16. The summed E-state index contributed by atoms with van der Waals surface area (Å²) in [5.74, 6) is 0.223. The van der Waals surface area contributed by atoms with Crippen LogP contribution >= 0.6 is 11.6 Å². The second kappa shape index (κ2) is 6.14. The molecule has 0 aromatic heterocycles. The van der Waals surface area contributed by atoms with Gasteiger partial charge in [-0.15, -0.1) is 0 Å². The quantitative estimate of drug-likeness (QED) is 0.859. The third kappa shape index (κ3) is 3.05. The van der Waals surface area contributed by atoms with E-state index in [1.165, 1.54) is 13.2 Å². The Kier molecular flexibility index (Phi) is 4.50. The smallest absolute Gasteiger partial charge is 0.132 e. The molecule has 2 rings (SSSR count). The number of anilines is 1. The molecule has 0 spiro atoms. The minimum atomic E-state index is -0.299. The molecule has 0 heterocycles. The lowest BCUT2D eigenvalue weighted by molar-refractivity contribution is 0.402. The predicted molar refractivity (Wildman–Crippen MR) is 81.2 cm³/mol. The van der Waals surface area contributed by atoms with Gasteiger partial charge in [-0.1, -0.05) is 23.7 Å². The lowest BCUT2D eigenvalue weighted by atomic mass is 10.1. The van der Waals surface area contributed by atoms with Crippen LogP contribution in [0.25, 0.3) is 0 Å². The van der Waals surface area contributed by atoms with E-state index >= 15 is 0 Å². The van der Waals surface area contributed by atoms with Crippen LogP contribution in [0.15, 0.2) is 36.4 Å². The van der Waals surface area contributed by atoms with Crippen molar-refractivity contribution in [2.24, 2.45) is 0 Å². The summed E-state index contributed by atoms with van der Waals surface area (Å²) in [6.07, 6.45) is 0. The fraction of sp³-hybridized carbons (Fsp3) is 0.250. The van der Waals surface area contributed by atoms with Crippen molar-refractivity contribution < 1.29 is 9.13 Å². The number of hydrogen-bond acceptors (Lipinski definition) is 2. The van der Waals surface area contributed by atoms with Gasteiger partial charge in [0.1, 0.15) is 11.6 Å². The number of rotatable bonds is 4. The summed E-state index contributed by atoms with van der Waals surface area (Å²) in [7, 11) is 1.53. The van der Waals surface area contributed by atoms with E-state index in [4.69, 9.17) is 16.3 Å². The molecule has 0 aliphatic carbocycles. The van der Waals surface area contributed by atoms with Crippen LogP contribution < -0.4 is 10.1 Å². The molecule has 4 heteroatoms. The van der Waals surface area contributed by atoms with E-state index in [0.717, 1.165) is 11.3 Å². The number of benzene rings is 2. The van der Waals surface area contributed by atoms with Crippen molar-refractivity contribution in [3.05, 3.63) is 58.4 Å². The second-order valence-corrected chi connectivity index (χ2v) is 5.11. The lowest BCUT2D eigenvalue weighted by Gasteiger charge is -2.20. The molecule has 1 unspecified atom stereocenters. The second-order valence-electron chi connectivity index (χ2n) is 4.71. The fourth-order valence-electron chi connectivity index (χ4n) is 2.16. The molecule has 1 N–H and O–H groups in total. The Morgan fingerprint density at radius 1 is 1.25 bits per heavy atom. The van der Waals surface area contributed by atoms with Crippen LogP contribution in [0, 0.1) is 12.7 Å². The summed E-state index contributed by atoms with van der Waals surface area (Å²) < 4.78 is 19.2. The minimum absolute atomic E-state index is 0.258. The van der Waals surface area contributed by atoms with Gasteiger partial charge in [0.2, 0.25) is 0 Å². The van der Waals surface area contributed by atoms with E-state index in [-0.39, 0.29) is 11.9 Å². The molecular weight excluding hydrogens is 277 g/mol. The molecule has 0 amide bonds. The largest absolute Gasteiger partial charge is 0.496 e. The molecule has 0 aliphatic rings. The van der Waals surface area contributed by atoms with Crippen molar-refractivity contribution >= 4 is 17.3 Å². The summed E-state index contributed by atoms with van der Waals surface area (Å²) in [4.78, 5) is 0. The molecule has 0 fully saturated rings. The molecule has 0 radical (unpaired) electrons. The summed E-state index contributed by atoms with van der Waals surface area (Å²) >= 11 is 6.19. The van der Waals surface area contributed by atoms with Gasteiger partial charge in [-0.2, -0.15) is 0 Å². The Balaban J connectivity index is 2.30. The number of ether oxygens (including phenoxy) is 1. The molecule has 0 saturated heterocycles. The van der Waals surface area contributed by atoms with Crippen LogP contribution in [-0.2, 0) is 0 Å². The Morgan fingerprint density at radius 3 is 2.65 bits per heavy atom. The molecule has 0 saturated carbocycles. The van der Waals surface area contributed by atoms with Gasteiger partial charge < -0.3 is 10.1 Å². The maximum atomic E-state index is 14.0. The molecule has 0 bridgehead atoms. The summed E-state index contributed by atoms with van der Waals surface area (Å²) in [6.45, 7) is 3.84. The number of aryl methyl sites for hydroxylation is 1. The van der Waals surface area contributed by atoms with Crippen LogP contribution in [0.5, 0.6) is 5.75 Å². The molecule has 2 aromatic carbocycles. The van der Waals surface area contributed by atoms with Crippen LogP contribution in [-0.4, -0.2) is 7.11 Å². The molecule has 2 nitrogen and oxygen atoms in total. The highest BCUT2D eigenvalue weighted by Crippen LogP contribution is 2.32. The van der Waals surface area contributed by atoms with Crippen molar-refractivity contribution in [2.45, 2.75) is 19.9 Å². The number of hydrogen-bond donors (Lipinski definition) is 1. The first-order valence-electron chi connectivity index (χ1n) is 6.38. The molecule has 2 aromatic rings. The Morgan fingerprint density at radius 2 is 2.00 bits per heavy atom. The summed E-state index contributed by atoms with van der Waals surface area (Å²) in [6, 6.07) is 10.3. The van der Waals surface area contributed by atoms with Crippen LogP contribution in [0.1, 0.15) is 24.1 Å². The van der Waals surface area contributed by atoms with E-state index in [0.29, 0.717) is 16.3 Å². The standard InChI is InChI=1S/C16H17ClFNO/c1-10-7-8-14(12(17)9-10)19-11(2)16-13(18)5-4-6-15(16)20-3/h4-9,11,19H,1-3H3. The maximum absolute atomic E-state index is 14.0. The van der Waals surface area contributed by atoms with Crippen LogP contribution in [0.2, 0.25) is 5.02 Å². The minimum Gasteiger partial charge on any atom is -0.496 e. The first-order valence-corrected chi connectivity index (χ1v) is 6.76. The fourth-order valence-corrected chi connectivity index (χ4v) is 2.45. The Bertz CT molecular complexity index is 615. The average molecular weight is 294 g/mol. The van der Waals surface area contributed by atoms with Crippen molar-refractivity contribution in [1.82, 2.24) is 0 Å². The normalized spacial score (nSPS) is 12.1. The van der Waals surface area contributed by atoms with Gasteiger partial charge in [0, 0.05) is 0 Å². The van der Waals surface area contributed by atoms with E-state index in [9.17, 15) is 4.39 Å². The van der Waals surface area contributed by atoms with Gasteiger partial charge in [0.15, 0.2) is 0 Å². The van der Waals surface area contributed by atoms with Gasteiger partial charge in [-0.25, -0.2) is 4.39 Å². The van der Waals surface area contributed by atoms with Crippen molar-refractivity contribution in [2.75, 3.05) is 12.4 Å². The zero-order valence-electron chi connectivity index (χ0n) is 11.7. The Labute approximate surface area is 123 Å². The van der Waals surface area contributed by atoms with E-state index in [1.807, 2.05) is 32.0 Å². The molecule has 1 atom stereocenters. The summed E-state index contributed by atoms with van der Waals surface area (Å²) in [5.41, 5.74) is 2.35. The molecule has 20 heavy (non-hydrogen) atoms. The summed E-state index contributed by atoms with van der Waals surface area (Å²) in [5, 5.41) is 3.84. The number of methoxy groups -OCH3 is 1. The van der Waals surface area contributed by atoms with Crippen molar-refractivity contribution in [3.63, 3.8) is 0 Å². The van der Waals surface area contributed by atoms with Gasteiger partial charge in [-0.3, -0.25) is 0 Å². The number of nitrogens with one attached hydrogen (secondary N) is 1. The highest BCUT2D eigenvalue weighted by atomic mass is 35.5. The first-order chi connectivity index (χ1) is 9.52. The zero-order chi connectivity index (χ0) is 14.7. The van der Waals surface area contributed by atoms with Gasteiger partial charge in [0.25, 0.3) is 0 Å². The van der Waals surface area contributed by atoms with Gasteiger partial charge in [0.05, 0.1) is 29.4 Å². The maximum Gasteiger partial charge on any atom is 0.132 e. The Hall–Kier alpha value is -1.74. The predicted octanol–water partition coefficient (Wildman–Crippen LogP) is 4.97. The van der Waals surface area contributed by atoms with Crippen molar-refractivity contribution in [3.8, 4) is 5.75 Å².